The molecule has 1 fully saturated rings. The van der Waals surface area contributed by atoms with E-state index in [1.54, 1.807) is 0 Å². The lowest BCUT2D eigenvalue weighted by molar-refractivity contribution is 0.165. The van der Waals surface area contributed by atoms with Crippen LogP contribution in [-0.4, -0.2) is 31.1 Å². The van der Waals surface area contributed by atoms with E-state index < -0.39 is 0 Å². The van der Waals surface area contributed by atoms with Gasteiger partial charge in [-0.3, -0.25) is 4.90 Å². The third kappa shape index (κ3) is 4.92. The van der Waals surface area contributed by atoms with E-state index in [9.17, 15) is 0 Å². The molecule has 0 amide bonds. The summed E-state index contributed by atoms with van der Waals surface area (Å²) in [6, 6.07) is 6.94. The summed E-state index contributed by atoms with van der Waals surface area (Å²) in [5.74, 6) is 0.834. The van der Waals surface area contributed by atoms with E-state index >= 15 is 0 Å². The topological polar surface area (TPSA) is 15.3 Å². The highest BCUT2D eigenvalue weighted by Crippen LogP contribution is 2.19. The molecule has 1 unspecified atom stereocenters. The Kier molecular flexibility index (Phi) is 6.06. The summed E-state index contributed by atoms with van der Waals surface area (Å²) in [5, 5.41) is 3.58. The maximum Gasteiger partial charge on any atom is 0.0234 e. The molecule has 0 aliphatic carbocycles. The maximum atomic E-state index is 3.58. The van der Waals surface area contributed by atoms with Crippen molar-refractivity contribution in [3.8, 4) is 0 Å². The summed E-state index contributed by atoms with van der Waals surface area (Å²) in [7, 11) is 0. The molecule has 1 aliphatic rings. The van der Waals surface area contributed by atoms with Crippen LogP contribution < -0.4 is 5.32 Å². The van der Waals surface area contributed by atoms with Crippen LogP contribution in [0.5, 0.6) is 0 Å². The van der Waals surface area contributed by atoms with E-state index in [2.05, 4.69) is 49.2 Å². The Bertz CT molecular complexity index is 394. The summed E-state index contributed by atoms with van der Waals surface area (Å²) >= 11 is 0. The molecule has 112 valence electrons. The number of nitrogens with zero attached hydrogens (tertiary/aromatic N) is 1. The van der Waals surface area contributed by atoms with E-state index in [0.29, 0.717) is 0 Å². The average molecular weight is 274 g/mol. The van der Waals surface area contributed by atoms with Gasteiger partial charge in [0.05, 0.1) is 0 Å². The molecule has 2 nitrogen and oxygen atoms in total. The second-order valence-electron chi connectivity index (χ2n) is 6.44. The second kappa shape index (κ2) is 7.80. The standard InChI is InChI=1S/C18H30N2/c1-4-7-19-12-17-6-5-8-20(13-17)14-18-10-15(2)9-16(3)11-18/h9-11,17,19H,4-8,12-14H2,1-3H3. The van der Waals surface area contributed by atoms with E-state index in [1.807, 2.05) is 0 Å². The molecule has 1 aromatic rings. The predicted octanol–water partition coefficient (Wildman–Crippen LogP) is 3.52. The van der Waals surface area contributed by atoms with E-state index in [0.717, 1.165) is 19.0 Å². The lowest BCUT2D eigenvalue weighted by Gasteiger charge is -2.33. The van der Waals surface area contributed by atoms with Crippen LogP contribution in [0, 0.1) is 19.8 Å². The van der Waals surface area contributed by atoms with Crippen molar-refractivity contribution < 1.29 is 0 Å². The fourth-order valence-corrected chi connectivity index (χ4v) is 3.36. The fourth-order valence-electron chi connectivity index (χ4n) is 3.36. The SMILES string of the molecule is CCCNCC1CCCN(Cc2cc(C)cc(C)c2)C1. The highest BCUT2D eigenvalue weighted by molar-refractivity contribution is 5.28. The Balaban J connectivity index is 1.85. The lowest BCUT2D eigenvalue weighted by Crippen LogP contribution is -2.39. The van der Waals surface area contributed by atoms with Gasteiger partial charge in [0.15, 0.2) is 0 Å². The molecule has 1 saturated heterocycles. The monoisotopic (exact) mass is 274 g/mol. The van der Waals surface area contributed by atoms with Gasteiger partial charge in [-0.2, -0.15) is 0 Å². The van der Waals surface area contributed by atoms with Crippen LogP contribution in [-0.2, 0) is 6.54 Å². The predicted molar refractivity (Wildman–Crippen MR) is 87.1 cm³/mol. The van der Waals surface area contributed by atoms with Gasteiger partial charge in [0.1, 0.15) is 0 Å². The number of nitrogens with one attached hydrogen (secondary N) is 1. The molecular formula is C18H30N2. The Morgan fingerprint density at radius 2 is 1.95 bits per heavy atom. The lowest BCUT2D eigenvalue weighted by atomic mass is 9.97. The van der Waals surface area contributed by atoms with Crippen molar-refractivity contribution in [2.45, 2.75) is 46.6 Å². The van der Waals surface area contributed by atoms with Crippen LogP contribution in [0.2, 0.25) is 0 Å². The van der Waals surface area contributed by atoms with Gasteiger partial charge < -0.3 is 5.32 Å². The van der Waals surface area contributed by atoms with Crippen LogP contribution in [0.15, 0.2) is 18.2 Å². The van der Waals surface area contributed by atoms with Gasteiger partial charge in [-0.1, -0.05) is 36.2 Å². The quantitative estimate of drug-likeness (QED) is 0.799. The minimum absolute atomic E-state index is 0.834. The van der Waals surface area contributed by atoms with Crippen molar-refractivity contribution in [1.82, 2.24) is 10.2 Å². The highest BCUT2D eigenvalue weighted by Gasteiger charge is 2.19. The normalized spacial score (nSPS) is 20.2. The Labute approximate surface area is 124 Å². The molecule has 20 heavy (non-hydrogen) atoms. The van der Waals surface area contributed by atoms with Gasteiger partial charge in [-0.15, -0.1) is 0 Å². The molecule has 1 atom stereocenters. The number of hydrogen-bond acceptors (Lipinski definition) is 2. The van der Waals surface area contributed by atoms with E-state index in [4.69, 9.17) is 0 Å². The van der Waals surface area contributed by atoms with E-state index in [1.165, 1.54) is 55.6 Å². The van der Waals surface area contributed by atoms with Crippen molar-refractivity contribution in [1.29, 1.82) is 0 Å². The maximum absolute atomic E-state index is 3.58. The van der Waals surface area contributed by atoms with Crippen LogP contribution in [0.3, 0.4) is 0 Å². The molecule has 1 aliphatic heterocycles. The molecule has 1 aromatic carbocycles. The summed E-state index contributed by atoms with van der Waals surface area (Å²) in [6.45, 7) is 12.6. The Hall–Kier alpha value is -0.860. The first-order valence-electron chi connectivity index (χ1n) is 8.17. The molecule has 0 saturated carbocycles. The first-order chi connectivity index (χ1) is 9.67. The molecule has 1 N–H and O–H groups in total. The van der Waals surface area contributed by atoms with Crippen LogP contribution >= 0.6 is 0 Å². The molecule has 0 spiro atoms. The zero-order valence-corrected chi connectivity index (χ0v) is 13.4. The number of benzene rings is 1. The average Bonchev–Trinajstić information content (AvgIpc) is 2.38. The highest BCUT2D eigenvalue weighted by atomic mass is 15.1. The van der Waals surface area contributed by atoms with Crippen molar-refractivity contribution >= 4 is 0 Å². The number of piperidine rings is 1. The zero-order valence-electron chi connectivity index (χ0n) is 13.4. The van der Waals surface area contributed by atoms with Crippen molar-refractivity contribution in [2.75, 3.05) is 26.2 Å². The Morgan fingerprint density at radius 3 is 2.65 bits per heavy atom. The van der Waals surface area contributed by atoms with Gasteiger partial charge in [-0.25, -0.2) is 0 Å². The smallest absolute Gasteiger partial charge is 0.0234 e. The molecule has 0 bridgehead atoms. The molecule has 2 heteroatoms. The third-order valence-electron chi connectivity index (χ3n) is 4.15. The van der Waals surface area contributed by atoms with Crippen LogP contribution in [0.4, 0.5) is 0 Å². The largest absolute Gasteiger partial charge is 0.316 e. The molecule has 0 radical (unpaired) electrons. The summed E-state index contributed by atoms with van der Waals surface area (Å²) < 4.78 is 0. The molecule has 2 rings (SSSR count). The number of rotatable bonds is 6. The van der Waals surface area contributed by atoms with E-state index in [-0.39, 0.29) is 0 Å². The van der Waals surface area contributed by atoms with Crippen LogP contribution in [0.25, 0.3) is 0 Å². The van der Waals surface area contributed by atoms with Crippen molar-refractivity contribution in [2.24, 2.45) is 5.92 Å². The van der Waals surface area contributed by atoms with Gasteiger partial charge >= 0.3 is 0 Å². The van der Waals surface area contributed by atoms with Gasteiger partial charge in [-0.05, 0) is 64.2 Å². The summed E-state index contributed by atoms with van der Waals surface area (Å²) in [6.07, 6.45) is 3.97. The first kappa shape index (κ1) is 15.5. The molecular weight excluding hydrogens is 244 g/mol. The second-order valence-corrected chi connectivity index (χ2v) is 6.44. The summed E-state index contributed by atoms with van der Waals surface area (Å²) in [5.41, 5.74) is 4.25. The molecule has 1 heterocycles. The minimum atomic E-state index is 0.834. The summed E-state index contributed by atoms with van der Waals surface area (Å²) in [4.78, 5) is 2.63. The minimum Gasteiger partial charge on any atom is -0.316 e. The molecule has 0 aromatic heterocycles. The number of aryl methyl sites for hydroxylation is 2. The number of likely N-dealkylation sites (tertiary alicyclic amines) is 1. The zero-order chi connectivity index (χ0) is 14.4. The number of hydrogen-bond donors (Lipinski definition) is 1. The first-order valence-corrected chi connectivity index (χ1v) is 8.17. The van der Waals surface area contributed by atoms with Gasteiger partial charge in [0.2, 0.25) is 0 Å². The van der Waals surface area contributed by atoms with Crippen LogP contribution in [0.1, 0.15) is 42.9 Å². The fraction of sp³-hybridized carbons (Fsp3) is 0.667. The van der Waals surface area contributed by atoms with Crippen molar-refractivity contribution in [3.05, 3.63) is 34.9 Å². The Morgan fingerprint density at radius 1 is 1.20 bits per heavy atom. The van der Waals surface area contributed by atoms with Crippen molar-refractivity contribution in [3.63, 3.8) is 0 Å². The van der Waals surface area contributed by atoms with Gasteiger partial charge in [0.25, 0.3) is 0 Å². The van der Waals surface area contributed by atoms with Gasteiger partial charge in [0, 0.05) is 13.1 Å². The third-order valence-corrected chi connectivity index (χ3v) is 4.15.